The number of carbonyl (C=O) groups excluding carboxylic acids is 3. The second kappa shape index (κ2) is 10.8. The van der Waals surface area contributed by atoms with Crippen molar-refractivity contribution in [2.75, 3.05) is 18.8 Å². The molecule has 132 valence electrons. The predicted octanol–water partition coefficient (Wildman–Crippen LogP) is -1.91. The molecule has 0 radical (unpaired) electrons. The molecule has 0 aromatic rings. The molecule has 10 heteroatoms. The van der Waals surface area contributed by atoms with Crippen molar-refractivity contribution in [3.05, 3.63) is 0 Å². The largest absolute Gasteiger partial charge is 0.480 e. The minimum absolute atomic E-state index is 0.0157. The summed E-state index contributed by atoms with van der Waals surface area (Å²) in [5.74, 6) is -2.99. The number of amides is 3. The van der Waals surface area contributed by atoms with Crippen LogP contribution in [0.1, 0.15) is 20.3 Å². The summed E-state index contributed by atoms with van der Waals surface area (Å²) in [4.78, 5) is 45.4. The lowest BCUT2D eigenvalue weighted by atomic mass is 9.99. The minimum Gasteiger partial charge on any atom is -0.480 e. The summed E-state index contributed by atoms with van der Waals surface area (Å²) in [7, 11) is 0. The maximum atomic E-state index is 11.7. The van der Waals surface area contributed by atoms with E-state index in [1.54, 1.807) is 0 Å². The first kappa shape index (κ1) is 21.2. The van der Waals surface area contributed by atoms with Crippen LogP contribution < -0.4 is 21.7 Å². The van der Waals surface area contributed by atoms with E-state index in [1.165, 1.54) is 0 Å². The molecule has 23 heavy (non-hydrogen) atoms. The van der Waals surface area contributed by atoms with Gasteiger partial charge < -0.3 is 26.8 Å². The number of carbonyl (C=O) groups is 4. The number of carboxylic acid groups (broad SMARTS) is 1. The Kier molecular flexibility index (Phi) is 9.99. The van der Waals surface area contributed by atoms with E-state index in [9.17, 15) is 19.2 Å². The molecule has 0 aliphatic heterocycles. The number of thiol groups is 1. The third kappa shape index (κ3) is 8.41. The van der Waals surface area contributed by atoms with Gasteiger partial charge in [-0.05, 0) is 5.92 Å². The number of aliphatic carboxylic acids is 1. The van der Waals surface area contributed by atoms with Gasteiger partial charge in [0, 0.05) is 5.75 Å². The SMILES string of the molecule is CCC(C)C(N)C(=O)NCC(=O)NCC(=O)NC(CS)C(=O)O. The lowest BCUT2D eigenvalue weighted by Crippen LogP contribution is -2.50. The first-order valence-corrected chi connectivity index (χ1v) is 7.79. The van der Waals surface area contributed by atoms with Crippen molar-refractivity contribution in [2.45, 2.75) is 32.4 Å². The normalized spacial score (nSPS) is 14.3. The quantitative estimate of drug-likeness (QED) is 0.254. The smallest absolute Gasteiger partial charge is 0.327 e. The molecule has 0 saturated carbocycles. The lowest BCUT2D eigenvalue weighted by Gasteiger charge is -2.17. The summed E-state index contributed by atoms with van der Waals surface area (Å²) in [5, 5.41) is 15.6. The maximum absolute atomic E-state index is 11.7. The van der Waals surface area contributed by atoms with Crippen LogP contribution in [-0.2, 0) is 19.2 Å². The van der Waals surface area contributed by atoms with E-state index in [0.29, 0.717) is 0 Å². The molecule has 9 nitrogen and oxygen atoms in total. The lowest BCUT2D eigenvalue weighted by molar-refractivity contribution is -0.141. The molecule has 0 aromatic heterocycles. The summed E-state index contributed by atoms with van der Waals surface area (Å²) < 4.78 is 0. The number of nitrogens with one attached hydrogen (secondary N) is 3. The highest BCUT2D eigenvalue weighted by Gasteiger charge is 2.20. The molecule has 3 amide bonds. The number of hydrogen-bond acceptors (Lipinski definition) is 6. The molecular formula is C13H24N4O5S. The van der Waals surface area contributed by atoms with Crippen molar-refractivity contribution >= 4 is 36.3 Å². The molecule has 3 unspecified atom stereocenters. The zero-order valence-corrected chi connectivity index (χ0v) is 14.1. The van der Waals surface area contributed by atoms with Crippen molar-refractivity contribution < 1.29 is 24.3 Å². The van der Waals surface area contributed by atoms with Gasteiger partial charge in [0.05, 0.1) is 19.1 Å². The van der Waals surface area contributed by atoms with Gasteiger partial charge in [0.15, 0.2) is 0 Å². The first-order chi connectivity index (χ1) is 10.7. The van der Waals surface area contributed by atoms with Gasteiger partial charge in [-0.25, -0.2) is 4.79 Å². The number of carboxylic acids is 1. The molecule has 0 aliphatic rings. The van der Waals surface area contributed by atoms with E-state index in [-0.39, 0.29) is 18.2 Å². The van der Waals surface area contributed by atoms with Gasteiger partial charge in [0.2, 0.25) is 17.7 Å². The van der Waals surface area contributed by atoms with E-state index >= 15 is 0 Å². The van der Waals surface area contributed by atoms with Gasteiger partial charge in [-0.2, -0.15) is 12.6 Å². The van der Waals surface area contributed by atoms with E-state index in [1.807, 2.05) is 13.8 Å². The highest BCUT2D eigenvalue weighted by Crippen LogP contribution is 2.04. The molecule has 0 aliphatic carbocycles. The monoisotopic (exact) mass is 348 g/mol. The number of hydrogen-bond donors (Lipinski definition) is 6. The van der Waals surface area contributed by atoms with Gasteiger partial charge in [0.1, 0.15) is 6.04 Å². The van der Waals surface area contributed by atoms with Crippen LogP contribution in [0.5, 0.6) is 0 Å². The summed E-state index contributed by atoms with van der Waals surface area (Å²) in [6.45, 7) is 3.02. The third-order valence-electron chi connectivity index (χ3n) is 3.24. The van der Waals surface area contributed by atoms with E-state index < -0.39 is 42.3 Å². The van der Waals surface area contributed by atoms with Gasteiger partial charge in [-0.15, -0.1) is 0 Å². The summed E-state index contributed by atoms with van der Waals surface area (Å²) in [6.07, 6.45) is 0.733. The zero-order chi connectivity index (χ0) is 18.0. The van der Waals surface area contributed by atoms with Gasteiger partial charge in [0.25, 0.3) is 0 Å². The Morgan fingerprint density at radius 2 is 1.70 bits per heavy atom. The Morgan fingerprint density at radius 1 is 1.13 bits per heavy atom. The van der Waals surface area contributed by atoms with Crippen molar-refractivity contribution in [1.82, 2.24) is 16.0 Å². The Bertz CT molecular complexity index is 446. The molecule has 6 N–H and O–H groups in total. The van der Waals surface area contributed by atoms with Crippen LogP contribution in [-0.4, -0.2) is 59.7 Å². The van der Waals surface area contributed by atoms with E-state index in [4.69, 9.17) is 10.8 Å². The standard InChI is InChI=1S/C13H24N4O5S/c1-3-7(2)11(14)12(20)16-4-9(18)15-5-10(19)17-8(6-23)13(21)22/h7-8,11,23H,3-6,14H2,1-2H3,(H,15,18)(H,16,20)(H,17,19)(H,21,22). The molecule has 0 bridgehead atoms. The second-order valence-corrected chi connectivity index (χ2v) is 5.41. The Labute approximate surface area is 140 Å². The predicted molar refractivity (Wildman–Crippen MR) is 86.9 cm³/mol. The molecule has 0 rings (SSSR count). The zero-order valence-electron chi connectivity index (χ0n) is 13.2. The summed E-state index contributed by atoms with van der Waals surface area (Å²) in [5.41, 5.74) is 5.71. The van der Waals surface area contributed by atoms with Crippen LogP contribution >= 0.6 is 12.6 Å². The van der Waals surface area contributed by atoms with Crippen molar-refractivity contribution in [3.8, 4) is 0 Å². The second-order valence-electron chi connectivity index (χ2n) is 5.05. The van der Waals surface area contributed by atoms with Crippen LogP contribution in [0, 0.1) is 5.92 Å². The van der Waals surface area contributed by atoms with E-state index in [2.05, 4.69) is 28.6 Å². The first-order valence-electron chi connectivity index (χ1n) is 7.15. The summed E-state index contributed by atoms with van der Waals surface area (Å²) >= 11 is 3.80. The number of nitrogens with two attached hydrogens (primary N) is 1. The highest BCUT2D eigenvalue weighted by atomic mass is 32.1. The van der Waals surface area contributed by atoms with Crippen molar-refractivity contribution in [1.29, 1.82) is 0 Å². The molecule has 0 spiro atoms. The molecular weight excluding hydrogens is 324 g/mol. The molecule has 0 heterocycles. The van der Waals surface area contributed by atoms with Crippen LogP contribution in [0.15, 0.2) is 0 Å². The van der Waals surface area contributed by atoms with E-state index in [0.717, 1.165) is 6.42 Å². The topological polar surface area (TPSA) is 151 Å². The molecule has 0 fully saturated rings. The Hall–Kier alpha value is -1.81. The number of rotatable bonds is 10. The molecule has 3 atom stereocenters. The Balaban J connectivity index is 4.10. The fraction of sp³-hybridized carbons (Fsp3) is 0.692. The van der Waals surface area contributed by atoms with Gasteiger partial charge in [-0.1, -0.05) is 20.3 Å². The average molecular weight is 348 g/mol. The van der Waals surface area contributed by atoms with Crippen molar-refractivity contribution in [2.24, 2.45) is 11.7 Å². The van der Waals surface area contributed by atoms with Gasteiger partial charge >= 0.3 is 5.97 Å². The minimum atomic E-state index is -1.22. The van der Waals surface area contributed by atoms with Crippen LogP contribution in [0.3, 0.4) is 0 Å². The fourth-order valence-electron chi connectivity index (χ4n) is 1.47. The Morgan fingerprint density at radius 3 is 2.17 bits per heavy atom. The molecule has 0 saturated heterocycles. The fourth-order valence-corrected chi connectivity index (χ4v) is 1.72. The van der Waals surface area contributed by atoms with Gasteiger partial charge in [-0.3, -0.25) is 14.4 Å². The van der Waals surface area contributed by atoms with Crippen LogP contribution in [0.25, 0.3) is 0 Å². The maximum Gasteiger partial charge on any atom is 0.327 e. The molecule has 0 aromatic carbocycles. The summed E-state index contributed by atoms with van der Waals surface area (Å²) in [6, 6.07) is -1.83. The third-order valence-corrected chi connectivity index (χ3v) is 3.61. The van der Waals surface area contributed by atoms with Crippen LogP contribution in [0.4, 0.5) is 0 Å². The van der Waals surface area contributed by atoms with Crippen molar-refractivity contribution in [3.63, 3.8) is 0 Å². The highest BCUT2D eigenvalue weighted by molar-refractivity contribution is 7.80. The van der Waals surface area contributed by atoms with Crippen LogP contribution in [0.2, 0.25) is 0 Å². The average Bonchev–Trinajstić information content (AvgIpc) is 2.53.